The Balaban J connectivity index is 2.22. The first-order valence-corrected chi connectivity index (χ1v) is 7.51. The van der Waals surface area contributed by atoms with E-state index < -0.39 is 0 Å². The molecule has 0 radical (unpaired) electrons. The van der Waals surface area contributed by atoms with Crippen molar-refractivity contribution in [2.45, 2.75) is 45.6 Å². The second-order valence-corrected chi connectivity index (χ2v) is 5.85. The monoisotopic (exact) mass is 261 g/mol. The molecular weight excluding hydrogens is 234 g/mol. The summed E-state index contributed by atoms with van der Waals surface area (Å²) >= 11 is 0. The summed E-state index contributed by atoms with van der Waals surface area (Å²) in [5.41, 5.74) is 2.68. The van der Waals surface area contributed by atoms with Crippen LogP contribution in [0.15, 0.2) is 12.3 Å². The Labute approximate surface area is 117 Å². The number of aryl methyl sites for hydroxylation is 1. The van der Waals surface area contributed by atoms with Gasteiger partial charge in [0.15, 0.2) is 0 Å². The lowest BCUT2D eigenvalue weighted by Crippen LogP contribution is -2.34. The van der Waals surface area contributed by atoms with Crippen molar-refractivity contribution in [2.24, 2.45) is 0 Å². The van der Waals surface area contributed by atoms with E-state index in [2.05, 4.69) is 55.0 Å². The highest BCUT2D eigenvalue weighted by Gasteiger charge is 2.23. The van der Waals surface area contributed by atoms with Gasteiger partial charge in [-0.1, -0.05) is 13.3 Å². The van der Waals surface area contributed by atoms with Gasteiger partial charge >= 0.3 is 0 Å². The average Bonchev–Trinajstić information content (AvgIpc) is 2.39. The number of hydrogen-bond acceptors (Lipinski definition) is 3. The van der Waals surface area contributed by atoms with E-state index in [4.69, 9.17) is 0 Å². The van der Waals surface area contributed by atoms with Crippen molar-refractivity contribution < 1.29 is 0 Å². The van der Waals surface area contributed by atoms with E-state index in [0.29, 0.717) is 6.04 Å². The number of anilines is 1. The molecule has 1 fully saturated rings. The molecule has 2 rings (SSSR count). The average molecular weight is 261 g/mol. The zero-order valence-corrected chi connectivity index (χ0v) is 12.8. The summed E-state index contributed by atoms with van der Waals surface area (Å²) in [7, 11) is 4.11. The van der Waals surface area contributed by atoms with Crippen LogP contribution in [0.25, 0.3) is 0 Å². The molecule has 1 aromatic rings. The minimum absolute atomic E-state index is 0.580. The predicted octanol–water partition coefficient (Wildman–Crippen LogP) is 3.39. The van der Waals surface area contributed by atoms with Gasteiger partial charge in [-0.15, -0.1) is 0 Å². The molecule has 106 valence electrons. The molecule has 1 atom stereocenters. The van der Waals surface area contributed by atoms with Crippen LogP contribution in [0.3, 0.4) is 0 Å². The number of hydrogen-bond donors (Lipinski definition) is 0. The number of likely N-dealkylation sites (tertiary alicyclic amines) is 1. The molecule has 3 nitrogen and oxygen atoms in total. The molecule has 2 heterocycles. The Bertz CT molecular complexity index is 412. The SMILES string of the molecule is CCCN1CCCC[C@H]1c1cnc(N(C)C)c(C)c1. The van der Waals surface area contributed by atoms with E-state index in [1.54, 1.807) is 0 Å². The molecule has 0 aliphatic carbocycles. The molecule has 0 saturated carbocycles. The Morgan fingerprint density at radius 2 is 2.16 bits per heavy atom. The summed E-state index contributed by atoms with van der Waals surface area (Å²) in [5.74, 6) is 1.08. The van der Waals surface area contributed by atoms with Crippen molar-refractivity contribution in [3.05, 3.63) is 23.4 Å². The topological polar surface area (TPSA) is 19.4 Å². The fourth-order valence-electron chi connectivity index (χ4n) is 3.16. The van der Waals surface area contributed by atoms with Gasteiger partial charge in [0.25, 0.3) is 0 Å². The van der Waals surface area contributed by atoms with E-state index in [9.17, 15) is 0 Å². The fraction of sp³-hybridized carbons (Fsp3) is 0.688. The number of aromatic nitrogens is 1. The maximum Gasteiger partial charge on any atom is 0.130 e. The largest absolute Gasteiger partial charge is 0.363 e. The van der Waals surface area contributed by atoms with Gasteiger partial charge in [0, 0.05) is 26.3 Å². The van der Waals surface area contributed by atoms with Crippen LogP contribution in [0.5, 0.6) is 0 Å². The van der Waals surface area contributed by atoms with E-state index in [1.165, 1.54) is 49.9 Å². The van der Waals surface area contributed by atoms with E-state index in [1.807, 2.05) is 0 Å². The molecule has 0 bridgehead atoms. The molecule has 0 spiro atoms. The van der Waals surface area contributed by atoms with Gasteiger partial charge in [-0.2, -0.15) is 0 Å². The lowest BCUT2D eigenvalue weighted by atomic mass is 9.95. The maximum atomic E-state index is 4.65. The van der Waals surface area contributed by atoms with Crippen molar-refractivity contribution in [3.8, 4) is 0 Å². The van der Waals surface area contributed by atoms with E-state index in [-0.39, 0.29) is 0 Å². The number of piperidine rings is 1. The lowest BCUT2D eigenvalue weighted by molar-refractivity contribution is 0.149. The molecule has 0 amide bonds. The standard InChI is InChI=1S/C16H27N3/c1-5-9-19-10-7-6-8-15(19)14-11-13(2)16(17-12-14)18(3)4/h11-12,15H,5-10H2,1-4H3/t15-/m0/s1. The Morgan fingerprint density at radius 1 is 1.37 bits per heavy atom. The third-order valence-corrected chi connectivity index (χ3v) is 4.00. The second-order valence-electron chi connectivity index (χ2n) is 5.85. The molecule has 3 heteroatoms. The first-order valence-electron chi connectivity index (χ1n) is 7.51. The highest BCUT2D eigenvalue weighted by molar-refractivity contribution is 5.46. The molecule has 1 aromatic heterocycles. The van der Waals surface area contributed by atoms with Crippen molar-refractivity contribution in [3.63, 3.8) is 0 Å². The third kappa shape index (κ3) is 3.27. The zero-order valence-electron chi connectivity index (χ0n) is 12.8. The molecular formula is C16H27N3. The van der Waals surface area contributed by atoms with Gasteiger partial charge < -0.3 is 4.90 Å². The van der Waals surface area contributed by atoms with Crippen molar-refractivity contribution >= 4 is 5.82 Å². The molecule has 19 heavy (non-hydrogen) atoms. The summed E-state index contributed by atoms with van der Waals surface area (Å²) in [6.07, 6.45) is 7.29. The smallest absolute Gasteiger partial charge is 0.130 e. The van der Waals surface area contributed by atoms with Crippen LogP contribution in [0.4, 0.5) is 5.82 Å². The zero-order chi connectivity index (χ0) is 13.8. The van der Waals surface area contributed by atoms with E-state index in [0.717, 1.165) is 5.82 Å². The van der Waals surface area contributed by atoms with Gasteiger partial charge in [0.2, 0.25) is 0 Å². The Morgan fingerprint density at radius 3 is 2.79 bits per heavy atom. The van der Waals surface area contributed by atoms with Crippen molar-refractivity contribution in [1.82, 2.24) is 9.88 Å². The van der Waals surface area contributed by atoms with Gasteiger partial charge in [0.05, 0.1) is 0 Å². The second kappa shape index (κ2) is 6.38. The first-order chi connectivity index (χ1) is 9.13. The summed E-state index contributed by atoms with van der Waals surface area (Å²) < 4.78 is 0. The minimum atomic E-state index is 0.580. The van der Waals surface area contributed by atoms with E-state index >= 15 is 0 Å². The number of rotatable bonds is 4. The van der Waals surface area contributed by atoms with Crippen molar-refractivity contribution in [1.29, 1.82) is 0 Å². The quantitative estimate of drug-likeness (QED) is 0.828. The van der Waals surface area contributed by atoms with Gasteiger partial charge in [0.1, 0.15) is 5.82 Å². The number of pyridine rings is 1. The highest BCUT2D eigenvalue weighted by Crippen LogP contribution is 2.32. The van der Waals surface area contributed by atoms with Gasteiger partial charge in [-0.05, 0) is 56.5 Å². The van der Waals surface area contributed by atoms with Crippen LogP contribution in [0.2, 0.25) is 0 Å². The van der Waals surface area contributed by atoms with Crippen LogP contribution >= 0.6 is 0 Å². The molecule has 0 N–H and O–H groups in total. The Hall–Kier alpha value is -1.09. The third-order valence-electron chi connectivity index (χ3n) is 4.00. The molecule has 1 saturated heterocycles. The van der Waals surface area contributed by atoms with Crippen LogP contribution in [0.1, 0.15) is 49.8 Å². The first kappa shape index (κ1) is 14.3. The molecule has 1 aliphatic heterocycles. The van der Waals surface area contributed by atoms with Crippen LogP contribution in [0, 0.1) is 6.92 Å². The highest BCUT2D eigenvalue weighted by atomic mass is 15.2. The number of nitrogens with zero attached hydrogens (tertiary/aromatic N) is 3. The summed E-state index contributed by atoms with van der Waals surface area (Å²) in [4.78, 5) is 9.37. The van der Waals surface area contributed by atoms with Crippen molar-refractivity contribution in [2.75, 3.05) is 32.1 Å². The molecule has 0 unspecified atom stereocenters. The lowest BCUT2D eigenvalue weighted by Gasteiger charge is -2.36. The van der Waals surface area contributed by atoms with Crippen LogP contribution in [-0.2, 0) is 0 Å². The van der Waals surface area contributed by atoms with Gasteiger partial charge in [-0.25, -0.2) is 4.98 Å². The normalized spacial score (nSPS) is 20.5. The molecule has 0 aromatic carbocycles. The Kier molecular flexibility index (Phi) is 4.81. The van der Waals surface area contributed by atoms with Crippen LogP contribution < -0.4 is 4.90 Å². The minimum Gasteiger partial charge on any atom is -0.363 e. The summed E-state index contributed by atoms with van der Waals surface area (Å²) in [6.45, 7) is 6.88. The summed E-state index contributed by atoms with van der Waals surface area (Å²) in [5, 5.41) is 0. The predicted molar refractivity (Wildman–Crippen MR) is 81.8 cm³/mol. The van der Waals surface area contributed by atoms with Crippen LogP contribution in [-0.4, -0.2) is 37.1 Å². The van der Waals surface area contributed by atoms with Gasteiger partial charge in [-0.3, -0.25) is 4.90 Å². The molecule has 1 aliphatic rings. The summed E-state index contributed by atoms with van der Waals surface area (Å²) in [6, 6.07) is 2.91. The fourth-order valence-corrected chi connectivity index (χ4v) is 3.16. The maximum absolute atomic E-state index is 4.65.